The van der Waals surface area contributed by atoms with Crippen molar-refractivity contribution in [2.75, 3.05) is 95.7 Å². The number of carbonyl (C=O) groups is 13. The number of carboxylic acid groups (broad SMARTS) is 1. The van der Waals surface area contributed by atoms with E-state index in [9.17, 15) is 48.6 Å². The number of anilines is 1. The Balaban J connectivity index is 0.892. The Hall–Kier alpha value is -11.2. The lowest BCUT2D eigenvalue weighted by Gasteiger charge is -2.39. The predicted octanol–water partition coefficient (Wildman–Crippen LogP) is 5.70. The van der Waals surface area contributed by atoms with Crippen LogP contribution in [0.5, 0.6) is 5.75 Å². The molecule has 2 aromatic heterocycles. The number of thioether (sulfide) groups is 2. The van der Waals surface area contributed by atoms with Crippen LogP contribution in [-0.2, 0) is 107 Å². The maximum Gasteiger partial charge on any atom is 0.305 e. The van der Waals surface area contributed by atoms with Gasteiger partial charge < -0.3 is 103 Å². The first-order valence-corrected chi connectivity index (χ1v) is 46.7. The number of halogens is 2. The Morgan fingerprint density at radius 3 is 1.88 bits per heavy atom. The third-order valence-electron chi connectivity index (χ3n) is 23.4. The number of hydrogen-bond donors (Lipinski definition) is 16. The van der Waals surface area contributed by atoms with Crippen molar-refractivity contribution in [3.8, 4) is 5.75 Å². The number of H-pyrrole nitrogens is 2. The van der Waals surface area contributed by atoms with Gasteiger partial charge in [-0.2, -0.15) is 23.5 Å². The molecule has 1 spiro atoms. The third kappa shape index (κ3) is 31.9. The van der Waals surface area contributed by atoms with Gasteiger partial charge in [-0.05, 0) is 147 Å². The van der Waals surface area contributed by atoms with Gasteiger partial charge in [0.05, 0.1) is 45.7 Å². The molecule has 34 nitrogen and oxygen atoms in total. The molecule has 700 valence electrons. The first-order chi connectivity index (χ1) is 62.2. The van der Waals surface area contributed by atoms with E-state index in [1.807, 2.05) is 24.3 Å². The van der Waals surface area contributed by atoms with Gasteiger partial charge in [0.25, 0.3) is 0 Å². The molecular formula is C91H122F2N16O18S2. The quantitative estimate of drug-likeness (QED) is 0.0225. The number of hydrogen-bond acceptors (Lipinski definition) is 21. The van der Waals surface area contributed by atoms with Gasteiger partial charge in [-0.15, -0.1) is 0 Å². The number of carboxylic acids is 1. The number of unbranched alkanes of at least 4 members (excludes halogenated alkanes) is 1. The number of nitrogens with zero attached hydrogens (tertiary/aromatic N) is 2. The molecule has 12 amide bonds. The Labute approximate surface area is 757 Å². The molecule has 1 saturated carbocycles. The molecule has 1 unspecified atom stereocenters. The van der Waals surface area contributed by atoms with E-state index in [-0.39, 0.29) is 95.0 Å². The molecule has 2 fully saturated rings. The maximum absolute atomic E-state index is 15.8. The van der Waals surface area contributed by atoms with Crippen molar-refractivity contribution in [2.24, 2.45) is 0 Å². The predicted molar refractivity (Wildman–Crippen MR) is 481 cm³/mol. The van der Waals surface area contributed by atoms with Gasteiger partial charge in [0.1, 0.15) is 59.2 Å². The minimum absolute atomic E-state index is 0.0234. The van der Waals surface area contributed by atoms with Crippen LogP contribution in [-0.4, -0.2) is 245 Å². The minimum atomic E-state index is -2.04. The van der Waals surface area contributed by atoms with Gasteiger partial charge >= 0.3 is 5.97 Å². The van der Waals surface area contributed by atoms with Gasteiger partial charge in [-0.1, -0.05) is 68.5 Å². The van der Waals surface area contributed by atoms with Gasteiger partial charge in [-0.3, -0.25) is 62.3 Å². The van der Waals surface area contributed by atoms with Crippen molar-refractivity contribution in [3.05, 3.63) is 149 Å². The second kappa shape index (κ2) is 51.2. The van der Waals surface area contributed by atoms with Crippen molar-refractivity contribution < 1.29 is 95.5 Å². The molecule has 1 aliphatic carbocycles. The number of benzene rings is 4. The number of aromatic hydroxyl groups is 1. The highest BCUT2D eigenvalue weighted by Crippen LogP contribution is 2.51. The van der Waals surface area contributed by atoms with Crippen molar-refractivity contribution in [1.82, 2.24) is 78.3 Å². The summed E-state index contributed by atoms with van der Waals surface area (Å²) >= 11 is 3.06. The molecule has 1 saturated heterocycles. The number of imidazole rings is 1. The van der Waals surface area contributed by atoms with Crippen LogP contribution in [0.2, 0.25) is 0 Å². The number of carbonyl (C=O) groups excluding carboxylic acids is 12. The second-order valence-electron chi connectivity index (χ2n) is 33.2. The molecule has 16 N–H and O–H groups in total. The van der Waals surface area contributed by atoms with Gasteiger partial charge in [0.15, 0.2) is 0 Å². The molecule has 4 aliphatic rings. The lowest BCUT2D eigenvalue weighted by atomic mass is 9.72. The van der Waals surface area contributed by atoms with Gasteiger partial charge in [0, 0.05) is 161 Å². The van der Waals surface area contributed by atoms with E-state index in [0.717, 1.165) is 30.4 Å². The highest BCUT2D eigenvalue weighted by molar-refractivity contribution is 7.98. The zero-order valence-corrected chi connectivity index (χ0v) is 74.8. The molecule has 8 atom stereocenters. The van der Waals surface area contributed by atoms with Crippen LogP contribution in [0, 0.1) is 11.6 Å². The number of amides is 12. The molecule has 4 aromatic carbocycles. The highest BCUT2D eigenvalue weighted by atomic mass is 32.2. The number of aliphatic carboxylic acids is 1. The van der Waals surface area contributed by atoms with Crippen LogP contribution >= 0.6 is 23.5 Å². The summed E-state index contributed by atoms with van der Waals surface area (Å²) < 4.78 is 47.6. The molecule has 3 aliphatic heterocycles. The summed E-state index contributed by atoms with van der Waals surface area (Å²) in [5.41, 5.74) is 2.27. The zero-order chi connectivity index (χ0) is 92.1. The van der Waals surface area contributed by atoms with Crippen LogP contribution in [0.1, 0.15) is 175 Å². The van der Waals surface area contributed by atoms with E-state index in [4.69, 9.17) is 14.2 Å². The number of rotatable bonds is 32. The fourth-order valence-electron chi connectivity index (χ4n) is 16.6. The highest BCUT2D eigenvalue weighted by Gasteiger charge is 2.50. The summed E-state index contributed by atoms with van der Waals surface area (Å²) in [7, 11) is 0. The second-order valence-corrected chi connectivity index (χ2v) is 35.5. The molecule has 38 heteroatoms. The number of aromatic nitrogens is 3. The third-order valence-corrected chi connectivity index (χ3v) is 25.5. The van der Waals surface area contributed by atoms with E-state index in [1.54, 1.807) is 36.9 Å². The topological polar surface area (TPSA) is 482 Å². The van der Waals surface area contributed by atoms with Gasteiger partial charge in [-0.25, -0.2) is 13.8 Å². The Bertz CT molecular complexity index is 4770. The number of phenols is 1. The number of phenolic OH excluding ortho intramolecular Hbond substituents is 1. The first kappa shape index (κ1) is 99.9. The van der Waals surface area contributed by atoms with Crippen molar-refractivity contribution in [1.29, 1.82) is 0 Å². The first-order valence-electron chi connectivity index (χ1n) is 44.4. The average Bonchev–Trinajstić information content (AvgIpc) is 1.57. The van der Waals surface area contributed by atoms with E-state index in [0.29, 0.717) is 166 Å². The van der Waals surface area contributed by atoms with Crippen LogP contribution < -0.4 is 63.8 Å². The summed E-state index contributed by atoms with van der Waals surface area (Å²) in [5, 5.41) is 55.2. The lowest BCUT2D eigenvalue weighted by molar-refractivity contribution is -0.146. The Morgan fingerprint density at radius 1 is 0.589 bits per heavy atom. The van der Waals surface area contributed by atoms with Gasteiger partial charge in [0.2, 0.25) is 70.9 Å². The summed E-state index contributed by atoms with van der Waals surface area (Å²) in [6, 6.07) is 12.1. The molecule has 10 rings (SSSR count). The number of aromatic amines is 2. The van der Waals surface area contributed by atoms with E-state index < -0.39 is 149 Å². The molecule has 2 bridgehead atoms. The molecule has 5 heterocycles. The van der Waals surface area contributed by atoms with Crippen molar-refractivity contribution in [2.45, 2.75) is 220 Å². The lowest BCUT2D eigenvalue weighted by Crippen LogP contribution is -2.62. The SMILES string of the molecule is CC(=O)NCCCOCCOCCOCCCNC(=O)CCC(=O)NCCCC[C@@H]1NC(=O)CCSCc2cccc(c2)CSCCNC(=O)[C@]2(C)CCCN2C(=O)[C@H](Cc2ccc(O)cc2)NC(=O)[C@H](Cc2cnc[nH]2)NC(=O)[C@H](CC(=O)O)NC(=O)[C@H](CC2c3cc(F)ccc3NC23CCCCCCC3)NC(=O)[C@H](Cc2c[nH]c3ccc(F)cc23)NC(=O)CNC1=O. The monoisotopic (exact) mass is 1830 g/mol. The van der Waals surface area contributed by atoms with E-state index in [1.165, 1.54) is 84.8 Å². The van der Waals surface area contributed by atoms with Crippen LogP contribution in [0.15, 0.2) is 104 Å². The largest absolute Gasteiger partial charge is 0.508 e. The minimum Gasteiger partial charge on any atom is -0.508 e. The maximum atomic E-state index is 15.8. The number of ether oxygens (including phenoxy) is 3. The Morgan fingerprint density at radius 2 is 1.19 bits per heavy atom. The molecule has 6 aromatic rings. The normalized spacial score (nSPS) is 21.8. The average molecular weight is 1830 g/mol. The van der Waals surface area contributed by atoms with E-state index >= 15 is 32.8 Å². The fraction of sp³-hybridized carbons (Fsp3) is 0.538. The zero-order valence-electron chi connectivity index (χ0n) is 73.1. The van der Waals surface area contributed by atoms with Crippen LogP contribution in [0.4, 0.5) is 14.5 Å². The smallest absolute Gasteiger partial charge is 0.305 e. The number of nitrogens with one attached hydrogen (secondary N) is 14. The van der Waals surface area contributed by atoms with Crippen molar-refractivity contribution >= 4 is 117 Å². The standard InChI is InChI=1S/C91H122F2N16O18S2/c1-58(110)95-32-12-36-125-38-40-127-41-39-126-37-13-33-97-79(113)26-25-78(112)96-31-9-6-16-72-83(118)100-54-81(115)103-73(46-62-52-99-70-23-19-63(92)47-67(62)70)84(119)105-75(50-69-68-48-64(93)20-24-71(68)108-91(69)29-7-4-3-5-8-30-91)86(121)106-76(51-82(116)117)87(122)104-74(49-65-53-94-57-101-65)85(120)107-77(45-59-17-21-66(111)22-18-59)88(123)109-35-11-28-90(109,2)89(124)98-34-43-129-56-61-15-10-14-60(44-61)55-128-42-27-80(114)102-72/h10,14-15,17-24,44,47-48,52-53,57,69,72-77,99,108,111H,3-9,11-13,16,25-43,45-46,49-51,54-56H2,1-2H3,(H,94,101)(H,95,110)(H,96,112)(H,97,113)(H,98,124)(H,100,118)(H,102,114)(H,103,115)(H,104,122)(H,105,119)(H,106,121)(H,107,120)(H,116,117)/t69?,72-,73-,74-,75-,76-,77-,90-/m0/s1. The van der Waals surface area contributed by atoms with Crippen molar-refractivity contribution in [3.63, 3.8) is 0 Å². The summed E-state index contributed by atoms with van der Waals surface area (Å²) in [6.45, 7) is 6.06. The fourth-order valence-corrected chi connectivity index (χ4v) is 18.3. The number of fused-ring (bicyclic) bond motifs is 5. The van der Waals surface area contributed by atoms with Crippen LogP contribution in [0.3, 0.4) is 0 Å². The summed E-state index contributed by atoms with van der Waals surface area (Å²) in [5.74, 6) is -10.2. The molecule has 0 radical (unpaired) electrons. The molecule has 129 heavy (non-hydrogen) atoms. The molecular weight excluding hydrogens is 1710 g/mol. The summed E-state index contributed by atoms with van der Waals surface area (Å²) in [6.07, 6.45) is 9.24. The Kier molecular flexibility index (Phi) is 39.7. The van der Waals surface area contributed by atoms with E-state index in [2.05, 4.69) is 78.8 Å². The van der Waals surface area contributed by atoms with Crippen LogP contribution in [0.25, 0.3) is 10.9 Å². The summed E-state index contributed by atoms with van der Waals surface area (Å²) in [4.78, 5) is 196.